The van der Waals surface area contributed by atoms with E-state index in [9.17, 15) is 9.59 Å². The molecule has 3 aromatic rings. The minimum atomic E-state index is -0.703. The Morgan fingerprint density at radius 3 is 2.09 bits per heavy atom. The second kappa shape index (κ2) is 9.47. The van der Waals surface area contributed by atoms with Crippen molar-refractivity contribution in [3.63, 3.8) is 0 Å². The zero-order valence-corrected chi connectivity index (χ0v) is 18.9. The van der Waals surface area contributed by atoms with Gasteiger partial charge in [0.05, 0.1) is 6.54 Å². The first-order chi connectivity index (χ1) is 16.6. The molecule has 0 radical (unpaired) electrons. The first-order valence-electron chi connectivity index (χ1n) is 11.5. The zero-order valence-electron chi connectivity index (χ0n) is 18.9. The molecule has 0 atom stereocenters. The summed E-state index contributed by atoms with van der Waals surface area (Å²) in [4.78, 5) is 32.9. The van der Waals surface area contributed by atoms with E-state index in [-0.39, 0.29) is 19.1 Å². The standard InChI is InChI=1S/C27H27N3O4/c28-20-13-11-19(12-14-20)17-30(34-26(31)29-15-5-6-16-29)27(32)33-18-25-23-9-3-1-7-21(23)22-8-2-4-10-24(22)25/h1-4,7-14,25H,5-6,15-18,28H2. The van der Waals surface area contributed by atoms with E-state index in [2.05, 4.69) is 24.3 Å². The van der Waals surface area contributed by atoms with E-state index in [1.165, 1.54) is 0 Å². The Balaban J connectivity index is 1.33. The van der Waals surface area contributed by atoms with Gasteiger partial charge in [-0.15, -0.1) is 5.06 Å². The van der Waals surface area contributed by atoms with E-state index in [1.807, 2.05) is 24.3 Å². The molecule has 34 heavy (non-hydrogen) atoms. The average molecular weight is 458 g/mol. The summed E-state index contributed by atoms with van der Waals surface area (Å²) in [5.41, 5.74) is 11.7. The van der Waals surface area contributed by atoms with Crippen molar-refractivity contribution < 1.29 is 19.2 Å². The van der Waals surface area contributed by atoms with Gasteiger partial charge in [-0.05, 0) is 52.8 Å². The molecule has 0 bridgehead atoms. The molecule has 0 unspecified atom stereocenters. The van der Waals surface area contributed by atoms with Crippen LogP contribution in [-0.4, -0.2) is 41.8 Å². The van der Waals surface area contributed by atoms with Gasteiger partial charge in [0.25, 0.3) is 0 Å². The fraction of sp³-hybridized carbons (Fsp3) is 0.259. The molecule has 5 rings (SSSR count). The number of anilines is 1. The van der Waals surface area contributed by atoms with Gasteiger partial charge in [-0.1, -0.05) is 60.7 Å². The van der Waals surface area contributed by atoms with E-state index in [4.69, 9.17) is 15.3 Å². The lowest BCUT2D eigenvalue weighted by Crippen LogP contribution is -2.39. The van der Waals surface area contributed by atoms with Crippen LogP contribution in [0.4, 0.5) is 15.3 Å². The van der Waals surface area contributed by atoms with E-state index in [0.717, 1.165) is 45.7 Å². The Labute approximate surface area is 198 Å². The molecule has 174 valence electrons. The fourth-order valence-corrected chi connectivity index (χ4v) is 4.64. The van der Waals surface area contributed by atoms with Crippen molar-refractivity contribution >= 4 is 17.9 Å². The lowest BCUT2D eigenvalue weighted by atomic mass is 9.98. The highest BCUT2D eigenvalue weighted by atomic mass is 16.8. The van der Waals surface area contributed by atoms with E-state index in [1.54, 1.807) is 29.2 Å². The maximum Gasteiger partial charge on any atom is 0.443 e. The Morgan fingerprint density at radius 1 is 0.882 bits per heavy atom. The highest BCUT2D eigenvalue weighted by molar-refractivity contribution is 5.79. The molecule has 1 aliphatic heterocycles. The van der Waals surface area contributed by atoms with Gasteiger partial charge in [-0.25, -0.2) is 9.59 Å². The summed E-state index contributed by atoms with van der Waals surface area (Å²) in [7, 11) is 0. The zero-order chi connectivity index (χ0) is 23.5. The number of hydrogen-bond acceptors (Lipinski definition) is 5. The molecule has 2 amide bonds. The minimum absolute atomic E-state index is 0.0660. The SMILES string of the molecule is Nc1ccc(CN(OC(=O)N2CCCC2)C(=O)OCC2c3ccccc3-c3ccccc32)cc1. The number of fused-ring (bicyclic) bond motifs is 3. The first kappa shape index (κ1) is 21.8. The van der Waals surface area contributed by atoms with Gasteiger partial charge in [0.2, 0.25) is 0 Å². The number of nitrogen functional groups attached to an aromatic ring is 1. The molecule has 1 aliphatic carbocycles. The number of carbonyl (C=O) groups excluding carboxylic acids is 2. The molecule has 3 aromatic carbocycles. The number of nitrogens with two attached hydrogens (primary N) is 1. The molecule has 7 nitrogen and oxygen atoms in total. The molecule has 1 saturated heterocycles. The van der Waals surface area contributed by atoms with Crippen LogP contribution in [0.3, 0.4) is 0 Å². The summed E-state index contributed by atoms with van der Waals surface area (Å²) >= 11 is 0. The lowest BCUT2D eigenvalue weighted by Gasteiger charge is -2.24. The molecule has 0 aromatic heterocycles. The number of benzene rings is 3. The van der Waals surface area contributed by atoms with Crippen LogP contribution in [0.25, 0.3) is 11.1 Å². The summed E-state index contributed by atoms with van der Waals surface area (Å²) in [6.45, 7) is 1.46. The summed E-state index contributed by atoms with van der Waals surface area (Å²) in [6.07, 6.45) is 0.614. The summed E-state index contributed by atoms with van der Waals surface area (Å²) in [5, 5.41) is 0.999. The topological polar surface area (TPSA) is 85.1 Å². The van der Waals surface area contributed by atoms with Crippen LogP contribution in [0.1, 0.15) is 35.4 Å². The van der Waals surface area contributed by atoms with Gasteiger partial charge in [0.15, 0.2) is 0 Å². The third kappa shape index (κ3) is 4.41. The van der Waals surface area contributed by atoms with Gasteiger partial charge < -0.3 is 20.2 Å². The van der Waals surface area contributed by atoms with Crippen LogP contribution in [0.5, 0.6) is 0 Å². The maximum atomic E-state index is 13.1. The Bertz CT molecular complexity index is 1140. The van der Waals surface area contributed by atoms with Gasteiger partial charge in [-0.2, -0.15) is 0 Å². The van der Waals surface area contributed by atoms with Gasteiger partial charge >= 0.3 is 12.2 Å². The molecule has 2 N–H and O–H groups in total. The van der Waals surface area contributed by atoms with Crippen molar-refractivity contribution in [3.05, 3.63) is 89.5 Å². The third-order valence-electron chi connectivity index (χ3n) is 6.40. The highest BCUT2D eigenvalue weighted by Crippen LogP contribution is 2.44. The fourth-order valence-electron chi connectivity index (χ4n) is 4.64. The predicted molar refractivity (Wildman–Crippen MR) is 129 cm³/mol. The predicted octanol–water partition coefficient (Wildman–Crippen LogP) is 5.17. The lowest BCUT2D eigenvalue weighted by molar-refractivity contribution is -0.100. The van der Waals surface area contributed by atoms with Gasteiger partial charge in [0, 0.05) is 24.7 Å². The number of carbonyl (C=O) groups is 2. The number of nitrogens with zero attached hydrogens (tertiary/aromatic N) is 2. The smallest absolute Gasteiger partial charge is 0.443 e. The van der Waals surface area contributed by atoms with Crippen LogP contribution in [0.2, 0.25) is 0 Å². The molecular formula is C27H27N3O4. The monoisotopic (exact) mass is 457 g/mol. The second-order valence-corrected chi connectivity index (χ2v) is 8.63. The Hall–Kier alpha value is -4.00. The quantitative estimate of drug-likeness (QED) is 0.432. The van der Waals surface area contributed by atoms with Gasteiger partial charge in [0.1, 0.15) is 6.61 Å². The molecule has 1 fully saturated rings. The minimum Gasteiger partial charge on any atom is -0.446 e. The van der Waals surface area contributed by atoms with Crippen LogP contribution >= 0.6 is 0 Å². The van der Waals surface area contributed by atoms with Crippen LogP contribution < -0.4 is 5.73 Å². The van der Waals surface area contributed by atoms with Crippen LogP contribution in [0, 0.1) is 0 Å². The van der Waals surface area contributed by atoms with Crippen molar-refractivity contribution in [2.75, 3.05) is 25.4 Å². The van der Waals surface area contributed by atoms with E-state index in [0.29, 0.717) is 18.8 Å². The first-order valence-corrected chi connectivity index (χ1v) is 11.5. The number of rotatable bonds is 4. The molecular weight excluding hydrogens is 430 g/mol. The van der Waals surface area contributed by atoms with Gasteiger partial charge in [-0.3, -0.25) is 0 Å². The maximum absolute atomic E-state index is 13.1. The van der Waals surface area contributed by atoms with Crippen molar-refractivity contribution in [1.82, 2.24) is 9.96 Å². The summed E-state index contributed by atoms with van der Waals surface area (Å²) in [6, 6.07) is 23.4. The largest absolute Gasteiger partial charge is 0.446 e. The number of ether oxygens (including phenoxy) is 1. The number of likely N-dealkylation sites (tertiary alicyclic amines) is 1. The molecule has 2 aliphatic rings. The molecule has 0 spiro atoms. The van der Waals surface area contributed by atoms with E-state index >= 15 is 0 Å². The van der Waals surface area contributed by atoms with Crippen LogP contribution in [0.15, 0.2) is 72.8 Å². The Kier molecular flexibility index (Phi) is 6.08. The van der Waals surface area contributed by atoms with Crippen molar-refractivity contribution in [2.45, 2.75) is 25.3 Å². The second-order valence-electron chi connectivity index (χ2n) is 8.63. The van der Waals surface area contributed by atoms with Crippen LogP contribution in [-0.2, 0) is 16.1 Å². The van der Waals surface area contributed by atoms with Crippen molar-refractivity contribution in [1.29, 1.82) is 0 Å². The Morgan fingerprint density at radius 2 is 1.47 bits per heavy atom. The highest BCUT2D eigenvalue weighted by Gasteiger charge is 2.31. The number of hydroxylamine groups is 2. The van der Waals surface area contributed by atoms with Crippen molar-refractivity contribution in [2.24, 2.45) is 0 Å². The summed E-state index contributed by atoms with van der Waals surface area (Å²) in [5.74, 6) is -0.0796. The van der Waals surface area contributed by atoms with Crippen molar-refractivity contribution in [3.8, 4) is 11.1 Å². The number of hydrogen-bond donors (Lipinski definition) is 1. The number of amides is 2. The third-order valence-corrected chi connectivity index (χ3v) is 6.40. The molecule has 1 heterocycles. The molecule has 7 heteroatoms. The average Bonchev–Trinajstić information content (AvgIpc) is 3.51. The normalized spacial score (nSPS) is 14.4. The molecule has 0 saturated carbocycles. The summed E-state index contributed by atoms with van der Waals surface area (Å²) < 4.78 is 5.73. The van der Waals surface area contributed by atoms with E-state index < -0.39 is 12.2 Å².